The van der Waals surface area contributed by atoms with E-state index in [0.717, 1.165) is 0 Å². The van der Waals surface area contributed by atoms with Crippen molar-refractivity contribution in [1.29, 1.82) is 0 Å². The number of alkyl halides is 3. The molecule has 5 N–H and O–H groups in total. The average molecular weight is 343 g/mol. The monoisotopic (exact) mass is 343 g/mol. The molecule has 0 aromatic heterocycles. The van der Waals surface area contributed by atoms with Crippen LogP contribution in [0.25, 0.3) is 10.4 Å². The van der Waals surface area contributed by atoms with Crippen LogP contribution in [0.2, 0.25) is 0 Å². The summed E-state index contributed by atoms with van der Waals surface area (Å²) in [6.45, 7) is 0.206. The minimum absolute atomic E-state index is 0.217. The van der Waals surface area contributed by atoms with Crippen LogP contribution in [0.15, 0.2) is 5.11 Å². The van der Waals surface area contributed by atoms with Crippen molar-refractivity contribution < 1.29 is 37.8 Å². The SMILES string of the molecule is O=C(O)C(F)(F)F.[N-]=[N+]=NCC(=O)NCCCC[C@H](N)C(=O)O. The summed E-state index contributed by atoms with van der Waals surface area (Å²) in [4.78, 5) is 32.6. The van der Waals surface area contributed by atoms with E-state index in [-0.39, 0.29) is 12.5 Å². The molecule has 0 bridgehead atoms. The molecule has 0 heterocycles. The van der Waals surface area contributed by atoms with Gasteiger partial charge in [0.05, 0.1) is 0 Å². The molecule has 0 fully saturated rings. The summed E-state index contributed by atoms with van der Waals surface area (Å²) >= 11 is 0. The van der Waals surface area contributed by atoms with Gasteiger partial charge in [0, 0.05) is 11.5 Å². The minimum Gasteiger partial charge on any atom is -0.480 e. The van der Waals surface area contributed by atoms with Gasteiger partial charge in [-0.15, -0.1) is 0 Å². The summed E-state index contributed by atoms with van der Waals surface area (Å²) in [5.74, 6) is -4.12. The Hall–Kier alpha value is -2.53. The third-order valence-electron chi connectivity index (χ3n) is 2.10. The van der Waals surface area contributed by atoms with E-state index in [0.29, 0.717) is 25.8 Å². The Morgan fingerprint density at radius 1 is 1.26 bits per heavy atom. The molecule has 0 aliphatic carbocycles. The van der Waals surface area contributed by atoms with Crippen molar-refractivity contribution in [3.63, 3.8) is 0 Å². The summed E-state index contributed by atoms with van der Waals surface area (Å²) in [6, 6.07) is -0.848. The molecule has 0 aliphatic rings. The van der Waals surface area contributed by atoms with Crippen molar-refractivity contribution in [1.82, 2.24) is 5.32 Å². The van der Waals surface area contributed by atoms with E-state index in [4.69, 9.17) is 26.3 Å². The van der Waals surface area contributed by atoms with E-state index in [1.807, 2.05) is 0 Å². The molecule has 0 saturated heterocycles. The Labute approximate surface area is 128 Å². The highest BCUT2D eigenvalue weighted by Gasteiger charge is 2.38. The van der Waals surface area contributed by atoms with Crippen LogP contribution >= 0.6 is 0 Å². The van der Waals surface area contributed by atoms with Gasteiger partial charge in [0.15, 0.2) is 0 Å². The number of unbranched alkanes of at least 4 members (excludes halogenated alkanes) is 1. The van der Waals surface area contributed by atoms with Gasteiger partial charge >= 0.3 is 18.1 Å². The fourth-order valence-corrected chi connectivity index (χ4v) is 0.992. The van der Waals surface area contributed by atoms with Crippen molar-refractivity contribution in [2.75, 3.05) is 13.1 Å². The minimum atomic E-state index is -5.08. The maximum Gasteiger partial charge on any atom is 0.490 e. The van der Waals surface area contributed by atoms with E-state index in [9.17, 15) is 22.8 Å². The Bertz CT molecular complexity index is 451. The standard InChI is InChI=1S/C8H15N5O3.C2HF3O2/c9-6(8(15)16)3-1-2-4-11-7(14)5-12-13-10;3-2(4,5)1(6)7/h6H,1-5,9H2,(H,11,14)(H,15,16);(H,6,7)/t6-;/m0./s1. The van der Waals surface area contributed by atoms with E-state index < -0.39 is 24.2 Å². The molecule has 0 rings (SSSR count). The van der Waals surface area contributed by atoms with Crippen molar-refractivity contribution in [2.24, 2.45) is 10.8 Å². The largest absolute Gasteiger partial charge is 0.490 e. The van der Waals surface area contributed by atoms with Crippen LogP contribution in [0.4, 0.5) is 13.2 Å². The average Bonchev–Trinajstić information content (AvgIpc) is 2.43. The number of hydrogen-bond donors (Lipinski definition) is 4. The first-order valence-electron chi connectivity index (χ1n) is 6.08. The number of hydrogen-bond acceptors (Lipinski definition) is 5. The van der Waals surface area contributed by atoms with E-state index in [1.165, 1.54) is 0 Å². The van der Waals surface area contributed by atoms with Gasteiger partial charge in [-0.1, -0.05) is 5.11 Å². The fourth-order valence-electron chi connectivity index (χ4n) is 0.992. The predicted molar refractivity (Wildman–Crippen MR) is 70.2 cm³/mol. The predicted octanol–water partition coefficient (Wildman–Crippen LogP) is 0.628. The van der Waals surface area contributed by atoms with Gasteiger partial charge < -0.3 is 21.3 Å². The second-order valence-corrected chi connectivity index (χ2v) is 3.98. The van der Waals surface area contributed by atoms with Crippen molar-refractivity contribution in [3.05, 3.63) is 10.4 Å². The topological polar surface area (TPSA) is 178 Å². The number of carbonyl (C=O) groups is 3. The van der Waals surface area contributed by atoms with Gasteiger partial charge in [-0.05, 0) is 24.8 Å². The van der Waals surface area contributed by atoms with E-state index in [2.05, 4.69) is 15.3 Å². The molecule has 132 valence electrons. The highest BCUT2D eigenvalue weighted by molar-refractivity contribution is 5.78. The lowest BCUT2D eigenvalue weighted by atomic mass is 10.1. The number of carboxylic acids is 2. The molecule has 0 aromatic rings. The number of nitrogens with zero attached hydrogens (tertiary/aromatic N) is 3. The number of aliphatic carboxylic acids is 2. The molecule has 10 nitrogen and oxygen atoms in total. The summed E-state index contributed by atoms with van der Waals surface area (Å²) in [5, 5.41) is 21.2. The maximum absolute atomic E-state index is 10.9. The lowest BCUT2D eigenvalue weighted by Crippen LogP contribution is -2.30. The molecule has 0 spiro atoms. The van der Waals surface area contributed by atoms with Crippen LogP contribution in [0.1, 0.15) is 19.3 Å². The molecule has 0 radical (unpaired) electrons. The van der Waals surface area contributed by atoms with Crippen LogP contribution in [0.5, 0.6) is 0 Å². The van der Waals surface area contributed by atoms with Crippen LogP contribution in [-0.4, -0.2) is 53.4 Å². The molecular formula is C10H16F3N5O5. The third-order valence-corrected chi connectivity index (χ3v) is 2.10. The van der Waals surface area contributed by atoms with Gasteiger partial charge in [0.1, 0.15) is 12.6 Å². The van der Waals surface area contributed by atoms with Crippen molar-refractivity contribution >= 4 is 17.8 Å². The Morgan fingerprint density at radius 3 is 2.17 bits per heavy atom. The third kappa shape index (κ3) is 15.7. The number of halogens is 3. The molecular weight excluding hydrogens is 327 g/mol. The zero-order valence-corrected chi connectivity index (χ0v) is 11.8. The van der Waals surface area contributed by atoms with Gasteiger partial charge in [-0.3, -0.25) is 9.59 Å². The number of azide groups is 1. The van der Waals surface area contributed by atoms with E-state index in [1.54, 1.807) is 0 Å². The van der Waals surface area contributed by atoms with Gasteiger partial charge in [-0.25, -0.2) is 4.79 Å². The molecule has 0 unspecified atom stereocenters. The normalized spacial score (nSPS) is 11.3. The fraction of sp³-hybridized carbons (Fsp3) is 0.700. The molecule has 0 aliphatic heterocycles. The first-order chi connectivity index (χ1) is 10.5. The zero-order chi connectivity index (χ0) is 18.5. The number of nitrogens with two attached hydrogens (primary N) is 1. The Balaban J connectivity index is 0. The van der Waals surface area contributed by atoms with E-state index >= 15 is 0 Å². The van der Waals surface area contributed by atoms with Crippen LogP contribution in [0.3, 0.4) is 0 Å². The lowest BCUT2D eigenvalue weighted by Gasteiger charge is -2.06. The summed E-state index contributed by atoms with van der Waals surface area (Å²) in [6.07, 6.45) is -3.44. The number of carboxylic acid groups (broad SMARTS) is 2. The van der Waals surface area contributed by atoms with Crippen LogP contribution < -0.4 is 11.1 Å². The number of carbonyl (C=O) groups excluding carboxylic acids is 1. The van der Waals surface area contributed by atoms with Crippen LogP contribution in [0, 0.1) is 0 Å². The number of amides is 1. The Morgan fingerprint density at radius 2 is 1.78 bits per heavy atom. The first kappa shape index (κ1) is 22.7. The molecule has 13 heteroatoms. The second kappa shape index (κ2) is 12.1. The van der Waals surface area contributed by atoms with Gasteiger partial charge in [0.25, 0.3) is 0 Å². The molecule has 0 aromatic carbocycles. The summed E-state index contributed by atoms with van der Waals surface area (Å²) in [5.41, 5.74) is 13.2. The smallest absolute Gasteiger partial charge is 0.480 e. The maximum atomic E-state index is 10.9. The Kier molecular flexibility index (Phi) is 11.9. The van der Waals surface area contributed by atoms with Crippen molar-refractivity contribution in [2.45, 2.75) is 31.5 Å². The number of nitrogens with one attached hydrogen (secondary N) is 1. The quantitative estimate of drug-likeness (QED) is 0.217. The van der Waals surface area contributed by atoms with Gasteiger partial charge in [-0.2, -0.15) is 13.2 Å². The van der Waals surface area contributed by atoms with Gasteiger partial charge in [0.2, 0.25) is 5.91 Å². The number of rotatable bonds is 8. The molecule has 1 amide bonds. The molecule has 0 saturated carbocycles. The first-order valence-corrected chi connectivity index (χ1v) is 6.08. The highest BCUT2D eigenvalue weighted by Crippen LogP contribution is 2.13. The summed E-state index contributed by atoms with van der Waals surface area (Å²) in [7, 11) is 0. The lowest BCUT2D eigenvalue weighted by molar-refractivity contribution is -0.192. The molecule has 23 heavy (non-hydrogen) atoms. The molecule has 1 atom stereocenters. The van der Waals surface area contributed by atoms with Crippen molar-refractivity contribution in [3.8, 4) is 0 Å². The summed E-state index contributed by atoms with van der Waals surface area (Å²) < 4.78 is 31.7. The highest BCUT2D eigenvalue weighted by atomic mass is 19.4. The zero-order valence-electron chi connectivity index (χ0n) is 11.8. The van der Waals surface area contributed by atoms with Crippen LogP contribution in [-0.2, 0) is 14.4 Å². The second-order valence-electron chi connectivity index (χ2n) is 3.98.